The second-order valence-electron chi connectivity index (χ2n) is 5.88. The van der Waals surface area contributed by atoms with E-state index in [1.807, 2.05) is 0 Å². The van der Waals surface area contributed by atoms with Crippen molar-refractivity contribution in [2.75, 3.05) is 19.8 Å². The number of sulfonamides is 1. The van der Waals surface area contributed by atoms with Crippen LogP contribution in [0.4, 0.5) is 0 Å². The molecule has 6 heteroatoms. The van der Waals surface area contributed by atoms with E-state index in [1.165, 1.54) is 0 Å². The van der Waals surface area contributed by atoms with Crippen LogP contribution in [0, 0.1) is 0 Å². The molecule has 0 N–H and O–H groups in total. The Morgan fingerprint density at radius 3 is 2.50 bits per heavy atom. The van der Waals surface area contributed by atoms with Crippen LogP contribution in [0.3, 0.4) is 0 Å². The molecular weight excluding hydrogens is 278 g/mol. The van der Waals surface area contributed by atoms with Gasteiger partial charge in [0, 0.05) is 32.2 Å². The average Bonchev–Trinajstić information content (AvgIpc) is 2.65. The minimum absolute atomic E-state index is 0.0732. The lowest BCUT2D eigenvalue weighted by Crippen LogP contribution is -2.47. The van der Waals surface area contributed by atoms with Gasteiger partial charge >= 0.3 is 0 Å². The first-order chi connectivity index (χ1) is 9.51. The smallest absolute Gasteiger partial charge is 0.217 e. The van der Waals surface area contributed by atoms with Gasteiger partial charge in [-0.05, 0) is 32.6 Å². The van der Waals surface area contributed by atoms with Crippen LogP contribution >= 0.6 is 0 Å². The summed E-state index contributed by atoms with van der Waals surface area (Å²) >= 11 is 0. The zero-order chi connectivity index (χ0) is 14.6. The number of rotatable bonds is 4. The van der Waals surface area contributed by atoms with Gasteiger partial charge < -0.3 is 4.74 Å². The predicted molar refractivity (Wildman–Crippen MR) is 77.0 cm³/mol. The van der Waals surface area contributed by atoms with Gasteiger partial charge in [0.25, 0.3) is 0 Å². The van der Waals surface area contributed by atoms with Gasteiger partial charge in [-0.2, -0.15) is 4.31 Å². The Hall–Kier alpha value is -0.460. The third-order valence-corrected chi connectivity index (χ3v) is 6.71. The highest BCUT2D eigenvalue weighted by Crippen LogP contribution is 2.27. The number of nitrogens with zero attached hydrogens (tertiary/aromatic N) is 1. The van der Waals surface area contributed by atoms with Crippen molar-refractivity contribution < 1.29 is 17.9 Å². The molecule has 2 saturated heterocycles. The van der Waals surface area contributed by atoms with Crippen molar-refractivity contribution in [3.05, 3.63) is 0 Å². The van der Waals surface area contributed by atoms with Gasteiger partial charge in [0.15, 0.2) is 0 Å². The molecule has 2 aliphatic rings. The normalized spacial score (nSPS) is 27.1. The largest absolute Gasteiger partial charge is 0.381 e. The highest BCUT2D eigenvalue weighted by molar-refractivity contribution is 7.89. The number of hydrogen-bond donors (Lipinski definition) is 0. The number of ketones is 1. The molecule has 20 heavy (non-hydrogen) atoms. The molecule has 0 aromatic heterocycles. The molecular formula is C14H25NO4S. The lowest BCUT2D eigenvalue weighted by atomic mass is 10.1. The predicted octanol–water partition coefficient (Wildman–Crippen LogP) is 1.72. The van der Waals surface area contributed by atoms with E-state index in [0.717, 1.165) is 25.7 Å². The quantitative estimate of drug-likeness (QED) is 0.793. The number of carbonyl (C=O) groups is 1. The van der Waals surface area contributed by atoms with Crippen LogP contribution in [-0.4, -0.2) is 49.6 Å². The molecule has 0 radical (unpaired) electrons. The van der Waals surface area contributed by atoms with Gasteiger partial charge in [0.2, 0.25) is 10.0 Å². The van der Waals surface area contributed by atoms with E-state index in [1.54, 1.807) is 11.2 Å². The molecule has 0 bridgehead atoms. The van der Waals surface area contributed by atoms with Gasteiger partial charge in [0.1, 0.15) is 5.78 Å². The number of carbonyl (C=O) groups excluding carboxylic acids is 1. The summed E-state index contributed by atoms with van der Waals surface area (Å²) in [7, 11) is -3.30. The molecule has 0 aromatic rings. The Kier molecular flexibility index (Phi) is 5.57. The topological polar surface area (TPSA) is 63.7 Å². The van der Waals surface area contributed by atoms with Crippen LogP contribution in [0.5, 0.6) is 0 Å². The summed E-state index contributed by atoms with van der Waals surface area (Å²) in [5, 5.41) is -0.330. The van der Waals surface area contributed by atoms with Crippen LogP contribution in [0.15, 0.2) is 0 Å². The molecule has 0 amide bonds. The lowest BCUT2D eigenvalue weighted by Gasteiger charge is -2.33. The van der Waals surface area contributed by atoms with Crippen LogP contribution < -0.4 is 0 Å². The van der Waals surface area contributed by atoms with E-state index in [-0.39, 0.29) is 17.1 Å². The summed E-state index contributed by atoms with van der Waals surface area (Å²) in [5.41, 5.74) is 0. The molecule has 116 valence electrons. The Morgan fingerprint density at radius 2 is 1.85 bits per heavy atom. The van der Waals surface area contributed by atoms with E-state index in [2.05, 4.69) is 0 Å². The van der Waals surface area contributed by atoms with E-state index < -0.39 is 10.0 Å². The summed E-state index contributed by atoms with van der Waals surface area (Å²) in [6, 6.07) is -0.136. The lowest BCUT2D eigenvalue weighted by molar-refractivity contribution is -0.117. The summed E-state index contributed by atoms with van der Waals surface area (Å²) in [6.45, 7) is 3.16. The molecule has 0 aliphatic carbocycles. The van der Waals surface area contributed by atoms with Crippen LogP contribution in [-0.2, 0) is 19.6 Å². The van der Waals surface area contributed by atoms with E-state index in [0.29, 0.717) is 39.0 Å². The first-order valence-electron chi connectivity index (χ1n) is 7.59. The molecule has 1 atom stereocenters. The molecule has 5 nitrogen and oxygen atoms in total. The monoisotopic (exact) mass is 303 g/mol. The zero-order valence-electron chi connectivity index (χ0n) is 12.2. The third kappa shape index (κ3) is 3.80. The van der Waals surface area contributed by atoms with Gasteiger partial charge in [-0.25, -0.2) is 8.42 Å². The zero-order valence-corrected chi connectivity index (χ0v) is 13.0. The van der Waals surface area contributed by atoms with Gasteiger partial charge in [-0.1, -0.05) is 12.8 Å². The molecule has 1 unspecified atom stereocenters. The van der Waals surface area contributed by atoms with Gasteiger partial charge in [-0.3, -0.25) is 4.79 Å². The van der Waals surface area contributed by atoms with Gasteiger partial charge in [-0.15, -0.1) is 0 Å². The first-order valence-corrected chi connectivity index (χ1v) is 9.10. The van der Waals surface area contributed by atoms with Crippen molar-refractivity contribution in [2.45, 2.75) is 63.2 Å². The average molecular weight is 303 g/mol. The number of ether oxygens (including phenoxy) is 1. The number of hydrogen-bond acceptors (Lipinski definition) is 4. The Bertz CT molecular complexity index is 428. The maximum Gasteiger partial charge on any atom is 0.217 e. The molecule has 0 spiro atoms. The molecule has 2 fully saturated rings. The summed E-state index contributed by atoms with van der Waals surface area (Å²) in [4.78, 5) is 11.4. The van der Waals surface area contributed by atoms with Crippen molar-refractivity contribution in [1.82, 2.24) is 4.31 Å². The fourth-order valence-corrected chi connectivity index (χ4v) is 5.34. The van der Waals surface area contributed by atoms with E-state index in [4.69, 9.17) is 4.74 Å². The number of Topliss-reactive ketones (excluding diaryl/α,β-unsaturated/α-hetero) is 1. The summed E-state index contributed by atoms with van der Waals surface area (Å²) in [6.07, 6.45) is 5.27. The maximum absolute atomic E-state index is 12.8. The molecule has 0 saturated carbocycles. The molecule has 2 heterocycles. The van der Waals surface area contributed by atoms with Gasteiger partial charge in [0.05, 0.1) is 5.25 Å². The Balaban J connectivity index is 2.17. The summed E-state index contributed by atoms with van der Waals surface area (Å²) < 4.78 is 32.6. The maximum atomic E-state index is 12.8. The fourth-order valence-electron chi connectivity index (χ4n) is 3.19. The molecule has 0 aromatic carbocycles. The van der Waals surface area contributed by atoms with E-state index in [9.17, 15) is 13.2 Å². The Morgan fingerprint density at radius 1 is 1.15 bits per heavy atom. The SMILES string of the molecule is CC(=O)CC1CCCCCN1S(=O)(=O)C1CCOCC1. The van der Waals surface area contributed by atoms with Crippen molar-refractivity contribution >= 4 is 15.8 Å². The highest BCUT2D eigenvalue weighted by Gasteiger charge is 2.38. The standard InChI is InChI=1S/C14H25NO4S/c1-12(16)11-13-5-3-2-4-8-15(13)20(17,18)14-6-9-19-10-7-14/h13-14H,2-11H2,1H3. The fraction of sp³-hybridized carbons (Fsp3) is 0.929. The van der Waals surface area contributed by atoms with Crippen LogP contribution in [0.25, 0.3) is 0 Å². The first kappa shape index (κ1) is 15.9. The van der Waals surface area contributed by atoms with Crippen molar-refractivity contribution in [2.24, 2.45) is 0 Å². The Labute approximate surface area is 121 Å². The molecule has 2 rings (SSSR count). The summed E-state index contributed by atoms with van der Waals surface area (Å²) in [5.74, 6) is 0.0732. The second kappa shape index (κ2) is 7.00. The minimum atomic E-state index is -3.30. The van der Waals surface area contributed by atoms with E-state index >= 15 is 0 Å². The highest BCUT2D eigenvalue weighted by atomic mass is 32.2. The third-order valence-electron chi connectivity index (χ3n) is 4.26. The van der Waals surface area contributed by atoms with Crippen LogP contribution in [0.1, 0.15) is 51.9 Å². The van der Waals surface area contributed by atoms with Crippen molar-refractivity contribution in [1.29, 1.82) is 0 Å². The molecule has 2 aliphatic heterocycles. The minimum Gasteiger partial charge on any atom is -0.381 e. The van der Waals surface area contributed by atoms with Crippen molar-refractivity contribution in [3.8, 4) is 0 Å². The van der Waals surface area contributed by atoms with Crippen molar-refractivity contribution in [3.63, 3.8) is 0 Å². The van der Waals surface area contributed by atoms with Crippen LogP contribution in [0.2, 0.25) is 0 Å². The second-order valence-corrected chi connectivity index (χ2v) is 8.04.